The van der Waals surface area contributed by atoms with Crippen molar-refractivity contribution in [1.29, 1.82) is 0 Å². The molecule has 0 radical (unpaired) electrons. The average molecular weight is 442 g/mol. The van der Waals surface area contributed by atoms with E-state index in [0.717, 1.165) is 21.4 Å². The van der Waals surface area contributed by atoms with Crippen molar-refractivity contribution in [3.63, 3.8) is 0 Å². The van der Waals surface area contributed by atoms with Gasteiger partial charge in [0.1, 0.15) is 5.82 Å². The van der Waals surface area contributed by atoms with Crippen LogP contribution in [0.1, 0.15) is 11.3 Å². The van der Waals surface area contributed by atoms with Gasteiger partial charge < -0.3 is 14.8 Å². The second kappa shape index (κ2) is 9.37. The van der Waals surface area contributed by atoms with Crippen molar-refractivity contribution >= 4 is 27.6 Å². The molecule has 0 saturated heterocycles. The standard InChI is InChI=1S/C22H21BrFN3O/c1-2-12-27(22(28)25-20-6-3-5-18(23)14-20)16-21-7-4-13-26(21)15-17-8-10-19(24)11-9-17/h2-11,13-14H,1,12,15-16H2,(H,25,28). The van der Waals surface area contributed by atoms with E-state index in [-0.39, 0.29) is 11.8 Å². The molecule has 4 nitrogen and oxygen atoms in total. The fraction of sp³-hybridized carbons (Fsp3) is 0.136. The normalized spacial score (nSPS) is 10.5. The first-order valence-electron chi connectivity index (χ1n) is 8.86. The number of nitrogens with zero attached hydrogens (tertiary/aromatic N) is 2. The van der Waals surface area contributed by atoms with Gasteiger partial charge in [-0.1, -0.05) is 40.2 Å². The summed E-state index contributed by atoms with van der Waals surface area (Å²) in [6.45, 7) is 5.22. The molecule has 0 atom stereocenters. The number of nitrogens with one attached hydrogen (secondary N) is 1. The molecular formula is C22H21BrFN3O. The number of anilines is 1. The van der Waals surface area contributed by atoms with Crippen LogP contribution in [0.25, 0.3) is 0 Å². The smallest absolute Gasteiger partial charge is 0.322 e. The molecule has 0 aliphatic rings. The molecule has 0 aliphatic carbocycles. The molecule has 3 aromatic rings. The van der Waals surface area contributed by atoms with Crippen LogP contribution in [0.2, 0.25) is 0 Å². The molecule has 0 bridgehead atoms. The van der Waals surface area contributed by atoms with Gasteiger partial charge in [-0.3, -0.25) is 0 Å². The highest BCUT2D eigenvalue weighted by Crippen LogP contribution is 2.17. The van der Waals surface area contributed by atoms with E-state index in [1.807, 2.05) is 42.6 Å². The van der Waals surface area contributed by atoms with E-state index in [1.165, 1.54) is 12.1 Å². The van der Waals surface area contributed by atoms with Crippen LogP contribution in [0.5, 0.6) is 0 Å². The zero-order valence-electron chi connectivity index (χ0n) is 15.3. The molecule has 0 unspecified atom stereocenters. The third kappa shape index (κ3) is 5.33. The van der Waals surface area contributed by atoms with Gasteiger partial charge in [0.05, 0.1) is 6.54 Å². The summed E-state index contributed by atoms with van der Waals surface area (Å²) in [6.07, 6.45) is 3.66. The van der Waals surface area contributed by atoms with Gasteiger partial charge in [0.15, 0.2) is 0 Å². The molecule has 0 fully saturated rings. The number of hydrogen-bond donors (Lipinski definition) is 1. The molecule has 28 heavy (non-hydrogen) atoms. The molecule has 2 amide bonds. The van der Waals surface area contributed by atoms with Gasteiger partial charge in [-0.05, 0) is 48.0 Å². The van der Waals surface area contributed by atoms with Gasteiger partial charge in [0.25, 0.3) is 0 Å². The number of carbonyl (C=O) groups is 1. The molecule has 6 heteroatoms. The minimum absolute atomic E-state index is 0.201. The summed E-state index contributed by atoms with van der Waals surface area (Å²) in [5, 5.41) is 2.91. The molecule has 1 N–H and O–H groups in total. The van der Waals surface area contributed by atoms with E-state index < -0.39 is 0 Å². The summed E-state index contributed by atoms with van der Waals surface area (Å²) >= 11 is 3.41. The Morgan fingerprint density at radius 3 is 2.68 bits per heavy atom. The Bertz CT molecular complexity index is 952. The lowest BCUT2D eigenvalue weighted by Gasteiger charge is -2.23. The number of aromatic nitrogens is 1. The van der Waals surface area contributed by atoms with Gasteiger partial charge in [-0.2, -0.15) is 0 Å². The van der Waals surface area contributed by atoms with Crippen LogP contribution in [-0.4, -0.2) is 22.0 Å². The maximum absolute atomic E-state index is 13.1. The second-order valence-corrected chi connectivity index (χ2v) is 7.28. The highest BCUT2D eigenvalue weighted by Gasteiger charge is 2.15. The van der Waals surface area contributed by atoms with E-state index >= 15 is 0 Å². The fourth-order valence-corrected chi connectivity index (χ4v) is 3.27. The molecular weight excluding hydrogens is 421 g/mol. The number of urea groups is 1. The van der Waals surface area contributed by atoms with Crippen molar-refractivity contribution < 1.29 is 9.18 Å². The Kier molecular flexibility index (Phi) is 6.66. The molecule has 0 spiro atoms. The molecule has 0 aliphatic heterocycles. The fourth-order valence-electron chi connectivity index (χ4n) is 2.87. The van der Waals surface area contributed by atoms with Gasteiger partial charge >= 0.3 is 6.03 Å². The van der Waals surface area contributed by atoms with E-state index in [1.54, 1.807) is 23.1 Å². The highest BCUT2D eigenvalue weighted by atomic mass is 79.9. The second-order valence-electron chi connectivity index (χ2n) is 6.36. The van der Waals surface area contributed by atoms with Crippen molar-refractivity contribution in [2.45, 2.75) is 13.1 Å². The highest BCUT2D eigenvalue weighted by molar-refractivity contribution is 9.10. The SMILES string of the molecule is C=CCN(Cc1cccn1Cc1ccc(F)cc1)C(=O)Nc1cccc(Br)c1. The number of carbonyl (C=O) groups excluding carboxylic acids is 1. The Morgan fingerprint density at radius 1 is 1.18 bits per heavy atom. The molecule has 144 valence electrons. The summed E-state index contributed by atoms with van der Waals surface area (Å²) in [5.41, 5.74) is 2.69. The summed E-state index contributed by atoms with van der Waals surface area (Å²) in [5.74, 6) is -0.252. The van der Waals surface area contributed by atoms with E-state index in [9.17, 15) is 9.18 Å². The molecule has 2 aromatic carbocycles. The molecule has 1 heterocycles. The van der Waals surface area contributed by atoms with E-state index in [0.29, 0.717) is 19.6 Å². The van der Waals surface area contributed by atoms with Crippen LogP contribution >= 0.6 is 15.9 Å². The van der Waals surface area contributed by atoms with Gasteiger partial charge in [0, 0.05) is 35.1 Å². The van der Waals surface area contributed by atoms with Crippen molar-refractivity contribution in [3.8, 4) is 0 Å². The minimum Gasteiger partial charge on any atom is -0.345 e. The molecule has 3 rings (SSSR count). The first kappa shape index (κ1) is 19.9. The predicted molar refractivity (Wildman–Crippen MR) is 114 cm³/mol. The van der Waals surface area contributed by atoms with Crippen LogP contribution in [0, 0.1) is 5.82 Å². The quantitative estimate of drug-likeness (QED) is 0.472. The molecule has 1 aromatic heterocycles. The largest absolute Gasteiger partial charge is 0.345 e. The van der Waals surface area contributed by atoms with Crippen LogP contribution < -0.4 is 5.32 Å². The van der Waals surface area contributed by atoms with Crippen LogP contribution in [0.4, 0.5) is 14.9 Å². The minimum atomic E-state index is -0.252. The van der Waals surface area contributed by atoms with Gasteiger partial charge in [-0.25, -0.2) is 9.18 Å². The van der Waals surface area contributed by atoms with E-state index in [2.05, 4.69) is 32.4 Å². The van der Waals surface area contributed by atoms with Crippen LogP contribution in [-0.2, 0) is 13.1 Å². The third-order valence-corrected chi connectivity index (χ3v) is 4.75. The Labute approximate surface area is 172 Å². The number of rotatable bonds is 7. The maximum Gasteiger partial charge on any atom is 0.322 e. The first-order chi connectivity index (χ1) is 13.5. The number of benzene rings is 2. The number of halogens is 2. The van der Waals surface area contributed by atoms with Crippen LogP contribution in [0.3, 0.4) is 0 Å². The van der Waals surface area contributed by atoms with Crippen molar-refractivity contribution in [2.75, 3.05) is 11.9 Å². The Morgan fingerprint density at radius 2 is 1.96 bits per heavy atom. The Balaban J connectivity index is 1.72. The lowest BCUT2D eigenvalue weighted by Crippen LogP contribution is -2.35. The zero-order valence-corrected chi connectivity index (χ0v) is 16.9. The number of hydrogen-bond acceptors (Lipinski definition) is 1. The summed E-state index contributed by atoms with van der Waals surface area (Å²) in [7, 11) is 0. The lowest BCUT2D eigenvalue weighted by atomic mass is 10.2. The third-order valence-electron chi connectivity index (χ3n) is 4.26. The van der Waals surface area contributed by atoms with E-state index in [4.69, 9.17) is 0 Å². The van der Waals surface area contributed by atoms with Gasteiger partial charge in [-0.15, -0.1) is 6.58 Å². The topological polar surface area (TPSA) is 37.3 Å². The molecule has 0 saturated carbocycles. The van der Waals surface area contributed by atoms with Crippen molar-refractivity contribution in [2.24, 2.45) is 0 Å². The van der Waals surface area contributed by atoms with Crippen LogP contribution in [0.15, 0.2) is 84.0 Å². The lowest BCUT2D eigenvalue weighted by molar-refractivity contribution is 0.214. The summed E-state index contributed by atoms with van der Waals surface area (Å²) in [6, 6.07) is 17.6. The summed E-state index contributed by atoms with van der Waals surface area (Å²) in [4.78, 5) is 14.4. The average Bonchev–Trinajstić information content (AvgIpc) is 3.10. The van der Waals surface area contributed by atoms with Gasteiger partial charge in [0.2, 0.25) is 0 Å². The number of amides is 2. The first-order valence-corrected chi connectivity index (χ1v) is 9.65. The summed E-state index contributed by atoms with van der Waals surface area (Å²) < 4.78 is 16.1. The zero-order chi connectivity index (χ0) is 19.9. The maximum atomic E-state index is 13.1. The predicted octanol–water partition coefficient (Wildman–Crippen LogP) is 5.66. The van der Waals surface area contributed by atoms with Crippen molar-refractivity contribution in [3.05, 3.63) is 101 Å². The van der Waals surface area contributed by atoms with Crippen molar-refractivity contribution in [1.82, 2.24) is 9.47 Å². The monoisotopic (exact) mass is 441 g/mol. The Hall–Kier alpha value is -2.86.